The smallest absolute Gasteiger partial charge is 0.264 e. The summed E-state index contributed by atoms with van der Waals surface area (Å²) >= 11 is 0.748. The number of benzene rings is 1. The quantitative estimate of drug-likeness (QED) is 0.322. The molecule has 0 radical (unpaired) electrons. The number of hydrogen-bond donors (Lipinski definition) is 3. The van der Waals surface area contributed by atoms with Gasteiger partial charge in [0.2, 0.25) is 5.95 Å². The molecule has 3 N–H and O–H groups in total. The number of halogens is 2. The van der Waals surface area contributed by atoms with Crippen molar-refractivity contribution >= 4 is 50.9 Å². The van der Waals surface area contributed by atoms with E-state index < -0.39 is 16.1 Å². The molecule has 0 saturated carbocycles. The highest BCUT2D eigenvalue weighted by molar-refractivity contribution is 14.1. The Morgan fingerprint density at radius 2 is 2.06 bits per heavy atom. The topological polar surface area (TPSA) is 113 Å². The van der Waals surface area contributed by atoms with Gasteiger partial charge in [-0.15, -0.1) is 4.72 Å². The van der Waals surface area contributed by atoms with Gasteiger partial charge in [0.15, 0.2) is 5.65 Å². The van der Waals surface area contributed by atoms with Crippen molar-refractivity contribution in [3.63, 3.8) is 0 Å². The van der Waals surface area contributed by atoms with Crippen molar-refractivity contribution in [2.75, 3.05) is 18.0 Å². The number of aromatic nitrogens is 4. The SMILES string of the molecule is CC(C)(C)[S+]([O-])N[C@@H]1c2cc(F)ccc2CC12CCN(c1nc3n[nH]c(I)c3c(=O)[nH]1)CC2. The molecule has 2 aromatic heterocycles. The number of aromatic amines is 2. The molecule has 2 aliphatic rings. The maximum Gasteiger partial charge on any atom is 0.264 e. The number of rotatable bonds is 3. The Kier molecular flexibility index (Phi) is 5.73. The van der Waals surface area contributed by atoms with E-state index in [9.17, 15) is 13.7 Å². The van der Waals surface area contributed by atoms with Gasteiger partial charge in [0.1, 0.15) is 19.7 Å². The van der Waals surface area contributed by atoms with Crippen LogP contribution < -0.4 is 15.2 Å². The zero-order chi connectivity index (χ0) is 23.5. The van der Waals surface area contributed by atoms with E-state index in [1.165, 1.54) is 6.07 Å². The molecule has 3 aromatic rings. The predicted octanol–water partition coefficient (Wildman–Crippen LogP) is 3.33. The number of nitrogens with zero attached hydrogens (tertiary/aromatic N) is 3. The van der Waals surface area contributed by atoms with E-state index in [1.807, 2.05) is 49.4 Å². The van der Waals surface area contributed by atoms with Crippen molar-refractivity contribution < 1.29 is 8.94 Å². The van der Waals surface area contributed by atoms with Gasteiger partial charge in [-0.05, 0) is 85.9 Å². The Balaban J connectivity index is 1.43. The number of H-pyrrole nitrogens is 2. The maximum absolute atomic E-state index is 14.2. The van der Waals surface area contributed by atoms with Gasteiger partial charge in [-0.25, -0.2) is 4.39 Å². The van der Waals surface area contributed by atoms with Crippen molar-refractivity contribution in [3.05, 3.63) is 49.2 Å². The fourth-order valence-corrected chi connectivity index (χ4v) is 6.50. The van der Waals surface area contributed by atoms with Crippen LogP contribution in [0.3, 0.4) is 0 Å². The Morgan fingerprint density at radius 3 is 2.76 bits per heavy atom. The number of anilines is 1. The largest absolute Gasteiger partial charge is 0.598 e. The van der Waals surface area contributed by atoms with Crippen LogP contribution in [-0.4, -0.2) is 42.6 Å². The second kappa shape index (κ2) is 8.21. The first kappa shape index (κ1) is 23.1. The monoisotopic (exact) mass is 584 g/mol. The lowest BCUT2D eigenvalue weighted by atomic mass is 9.73. The molecule has 5 rings (SSSR count). The number of nitrogens with one attached hydrogen (secondary N) is 3. The molecular weight excluding hydrogens is 558 g/mol. The molecule has 176 valence electrons. The Bertz CT molecular complexity index is 1260. The van der Waals surface area contributed by atoms with Crippen LogP contribution >= 0.6 is 22.6 Å². The molecule has 2 atom stereocenters. The summed E-state index contributed by atoms with van der Waals surface area (Å²) in [7, 11) is 0. The molecule has 1 aliphatic heterocycles. The third-order valence-corrected chi connectivity index (χ3v) is 9.12. The first-order valence-corrected chi connectivity index (χ1v) is 13.2. The van der Waals surface area contributed by atoms with Crippen LogP contribution in [0.2, 0.25) is 0 Å². The van der Waals surface area contributed by atoms with Crippen molar-refractivity contribution in [2.24, 2.45) is 5.41 Å². The highest BCUT2D eigenvalue weighted by Gasteiger charge is 2.50. The predicted molar refractivity (Wildman–Crippen MR) is 135 cm³/mol. The van der Waals surface area contributed by atoms with Crippen molar-refractivity contribution in [2.45, 2.75) is 50.8 Å². The molecule has 11 heteroatoms. The van der Waals surface area contributed by atoms with Gasteiger partial charge in [-0.2, -0.15) is 10.1 Å². The lowest BCUT2D eigenvalue weighted by Gasteiger charge is -2.44. The van der Waals surface area contributed by atoms with E-state index in [0.717, 1.165) is 30.4 Å². The van der Waals surface area contributed by atoms with Gasteiger partial charge in [0.05, 0.1) is 6.04 Å². The van der Waals surface area contributed by atoms with Gasteiger partial charge in [0, 0.05) is 29.9 Å². The summed E-state index contributed by atoms with van der Waals surface area (Å²) < 4.78 is 30.8. The molecule has 33 heavy (non-hydrogen) atoms. The maximum atomic E-state index is 14.2. The van der Waals surface area contributed by atoms with E-state index in [1.54, 1.807) is 6.07 Å². The summed E-state index contributed by atoms with van der Waals surface area (Å²) in [6.45, 7) is 7.14. The fourth-order valence-electron chi connectivity index (χ4n) is 4.94. The number of fused-ring (bicyclic) bond motifs is 2. The third-order valence-electron chi connectivity index (χ3n) is 6.78. The number of hydrogen-bond acceptors (Lipinski definition) is 6. The minimum absolute atomic E-state index is 0.181. The van der Waals surface area contributed by atoms with Crippen molar-refractivity contribution in [1.29, 1.82) is 0 Å². The summed E-state index contributed by atoms with van der Waals surface area (Å²) in [5.41, 5.74) is 2.02. The van der Waals surface area contributed by atoms with E-state index in [-0.39, 0.29) is 22.8 Å². The minimum atomic E-state index is -1.29. The molecule has 1 fully saturated rings. The van der Waals surface area contributed by atoms with Gasteiger partial charge >= 0.3 is 0 Å². The molecule has 8 nitrogen and oxygen atoms in total. The zero-order valence-electron chi connectivity index (χ0n) is 18.7. The van der Waals surface area contributed by atoms with Crippen LogP contribution in [0, 0.1) is 14.9 Å². The Hall–Kier alpha value is -1.70. The molecule has 1 aromatic carbocycles. The summed E-state index contributed by atoms with van der Waals surface area (Å²) in [5, 5.41) is 7.41. The normalized spacial score (nSPS) is 21.0. The van der Waals surface area contributed by atoms with Crippen molar-refractivity contribution in [1.82, 2.24) is 24.9 Å². The second-order valence-electron chi connectivity index (χ2n) is 9.93. The Morgan fingerprint density at radius 1 is 1.33 bits per heavy atom. The average Bonchev–Trinajstić information content (AvgIpc) is 3.26. The minimum Gasteiger partial charge on any atom is -0.598 e. The standard InChI is InChI=1S/C22H26FIN6O2S/c1-21(2,3)33(32)29-16-14-10-13(23)5-4-12(14)11-22(16)6-8-30(9-7-22)20-25-18-15(19(31)26-20)17(24)27-28-18/h4-5,10,16,29H,6-9,11H2,1-3H3,(H2,25,26,27,28,31)/t16-,33?/m1/s1. The molecule has 1 saturated heterocycles. The lowest BCUT2D eigenvalue weighted by Crippen LogP contribution is -2.50. The third kappa shape index (κ3) is 4.06. The summed E-state index contributed by atoms with van der Waals surface area (Å²) in [5.74, 6) is 0.231. The van der Waals surface area contributed by atoms with Crippen LogP contribution in [0.1, 0.15) is 50.8 Å². The van der Waals surface area contributed by atoms with E-state index in [2.05, 4.69) is 29.8 Å². The molecule has 0 bridgehead atoms. The van der Waals surface area contributed by atoms with Crippen molar-refractivity contribution in [3.8, 4) is 0 Å². The molecule has 1 aliphatic carbocycles. The highest BCUT2D eigenvalue weighted by Crippen LogP contribution is 2.53. The van der Waals surface area contributed by atoms with Crippen LogP contribution in [-0.2, 0) is 17.8 Å². The fraction of sp³-hybridized carbons (Fsp3) is 0.500. The van der Waals surface area contributed by atoms with Crippen LogP contribution in [0.5, 0.6) is 0 Å². The average molecular weight is 584 g/mol. The summed E-state index contributed by atoms with van der Waals surface area (Å²) in [4.78, 5) is 22.1. The van der Waals surface area contributed by atoms with Gasteiger partial charge in [-0.1, -0.05) is 6.07 Å². The summed E-state index contributed by atoms with van der Waals surface area (Å²) in [6.07, 6.45) is 2.39. The molecule has 1 unspecified atom stereocenters. The van der Waals surface area contributed by atoms with Gasteiger partial charge in [-0.3, -0.25) is 14.9 Å². The van der Waals surface area contributed by atoms with Crippen LogP contribution in [0.25, 0.3) is 11.0 Å². The van der Waals surface area contributed by atoms with Gasteiger partial charge < -0.3 is 9.45 Å². The molecule has 3 heterocycles. The number of piperidine rings is 1. The summed E-state index contributed by atoms with van der Waals surface area (Å²) in [6, 6.07) is 4.74. The second-order valence-corrected chi connectivity index (χ2v) is 13.0. The van der Waals surface area contributed by atoms with E-state index >= 15 is 0 Å². The van der Waals surface area contributed by atoms with E-state index in [4.69, 9.17) is 0 Å². The first-order chi connectivity index (χ1) is 15.6. The molecular formula is C22H26FIN6O2S. The van der Waals surface area contributed by atoms with Crippen LogP contribution in [0.4, 0.5) is 10.3 Å². The van der Waals surface area contributed by atoms with Crippen LogP contribution in [0.15, 0.2) is 23.0 Å². The highest BCUT2D eigenvalue weighted by atomic mass is 127. The van der Waals surface area contributed by atoms with E-state index in [0.29, 0.717) is 33.8 Å². The molecule has 0 amide bonds. The zero-order valence-corrected chi connectivity index (χ0v) is 21.6. The first-order valence-electron chi connectivity index (χ1n) is 10.9. The Labute approximate surface area is 207 Å². The van der Waals surface area contributed by atoms with Gasteiger partial charge in [0.25, 0.3) is 5.56 Å². The molecule has 1 spiro atoms. The lowest BCUT2D eigenvalue weighted by molar-refractivity contribution is 0.175.